The summed E-state index contributed by atoms with van der Waals surface area (Å²) in [7, 11) is 0. The van der Waals surface area contributed by atoms with E-state index in [9.17, 15) is 4.79 Å². The van der Waals surface area contributed by atoms with Crippen LogP contribution in [0.5, 0.6) is 0 Å². The van der Waals surface area contributed by atoms with Gasteiger partial charge in [0.2, 0.25) is 5.76 Å². The molecule has 3 aromatic rings. The molecule has 0 unspecified atom stereocenters. The summed E-state index contributed by atoms with van der Waals surface area (Å²) < 4.78 is 5.67. The Labute approximate surface area is 110 Å². The Bertz CT molecular complexity index is 745. The third kappa shape index (κ3) is 1.62. The second-order valence-electron chi connectivity index (χ2n) is 3.75. The lowest BCUT2D eigenvalue weighted by molar-refractivity contribution is 0.0652. The molecule has 3 rings (SSSR count). The number of carboxylic acids is 1. The van der Waals surface area contributed by atoms with Crippen molar-refractivity contribution in [2.24, 2.45) is 0 Å². The zero-order valence-corrected chi connectivity index (χ0v) is 10.6. The molecule has 6 heteroatoms. The van der Waals surface area contributed by atoms with Crippen LogP contribution in [0.1, 0.15) is 10.6 Å². The third-order valence-electron chi connectivity index (χ3n) is 2.65. The van der Waals surface area contributed by atoms with Gasteiger partial charge < -0.3 is 14.6 Å². The number of nitrogens with zero attached hydrogens (tertiary/aromatic N) is 1. The zero-order chi connectivity index (χ0) is 12.7. The number of aromatic carboxylic acids is 1. The van der Waals surface area contributed by atoms with Crippen LogP contribution < -0.4 is 0 Å². The van der Waals surface area contributed by atoms with Crippen molar-refractivity contribution in [1.29, 1.82) is 0 Å². The fourth-order valence-corrected chi connectivity index (χ4v) is 2.40. The minimum atomic E-state index is -1.13. The summed E-state index contributed by atoms with van der Waals surface area (Å²) in [6.07, 6.45) is 1.83. The smallest absolute Gasteiger partial charge is 0.374 e. The first-order valence-corrected chi connectivity index (χ1v) is 5.92. The van der Waals surface area contributed by atoms with Crippen LogP contribution in [0.25, 0.3) is 22.2 Å². The van der Waals surface area contributed by atoms with E-state index in [1.165, 1.54) is 6.07 Å². The predicted molar refractivity (Wildman–Crippen MR) is 68.5 cm³/mol. The monoisotopic (exact) mass is 306 g/mol. The Morgan fingerprint density at radius 3 is 3.00 bits per heavy atom. The van der Waals surface area contributed by atoms with E-state index in [2.05, 4.69) is 26.1 Å². The first-order chi connectivity index (χ1) is 8.66. The number of rotatable bonds is 2. The van der Waals surface area contributed by atoms with Gasteiger partial charge >= 0.3 is 5.97 Å². The average Bonchev–Trinajstić information content (AvgIpc) is 2.96. The normalized spacial score (nSPS) is 10.9. The van der Waals surface area contributed by atoms with Crippen LogP contribution in [0.2, 0.25) is 0 Å². The van der Waals surface area contributed by atoms with E-state index in [0.29, 0.717) is 5.69 Å². The van der Waals surface area contributed by atoms with E-state index in [1.54, 1.807) is 0 Å². The van der Waals surface area contributed by atoms with Crippen LogP contribution in [0.4, 0.5) is 0 Å². The van der Waals surface area contributed by atoms with Gasteiger partial charge in [0.1, 0.15) is 5.69 Å². The standard InChI is InChI=1S/C12H7BrN2O3/c13-7-5-14-8-3-1-2-6(11(7)8)9-4-10(12(16)17)18-15-9/h1-5,14H,(H,16,17). The number of benzene rings is 1. The molecule has 2 aromatic heterocycles. The van der Waals surface area contributed by atoms with E-state index in [-0.39, 0.29) is 5.76 Å². The molecule has 0 radical (unpaired) electrons. The lowest BCUT2D eigenvalue weighted by atomic mass is 10.1. The SMILES string of the molecule is O=C(O)c1cc(-c2cccc3[nH]cc(Br)c23)no1. The molecule has 0 aliphatic heterocycles. The van der Waals surface area contributed by atoms with Crippen LogP contribution in [0.3, 0.4) is 0 Å². The van der Waals surface area contributed by atoms with Crippen molar-refractivity contribution >= 4 is 32.8 Å². The second kappa shape index (κ2) is 3.99. The van der Waals surface area contributed by atoms with Gasteiger partial charge in [-0.3, -0.25) is 0 Å². The predicted octanol–water partition coefficient (Wildman–Crippen LogP) is 3.28. The van der Waals surface area contributed by atoms with Gasteiger partial charge in [-0.1, -0.05) is 17.3 Å². The molecule has 0 bridgehead atoms. The van der Waals surface area contributed by atoms with E-state index in [0.717, 1.165) is 20.9 Å². The number of fused-ring (bicyclic) bond motifs is 1. The van der Waals surface area contributed by atoms with Gasteiger partial charge in [-0.05, 0) is 22.0 Å². The van der Waals surface area contributed by atoms with Crippen molar-refractivity contribution in [3.63, 3.8) is 0 Å². The molecule has 2 N–H and O–H groups in total. The number of halogens is 1. The zero-order valence-electron chi connectivity index (χ0n) is 8.98. The Morgan fingerprint density at radius 1 is 1.44 bits per heavy atom. The summed E-state index contributed by atoms with van der Waals surface area (Å²) in [5.74, 6) is -1.30. The van der Waals surface area contributed by atoms with Crippen molar-refractivity contribution in [3.8, 4) is 11.3 Å². The molecule has 0 spiro atoms. The van der Waals surface area contributed by atoms with Crippen molar-refractivity contribution in [1.82, 2.24) is 10.1 Å². The average molecular weight is 307 g/mol. The topological polar surface area (TPSA) is 79.1 Å². The molecule has 0 atom stereocenters. The molecule has 0 saturated heterocycles. The van der Waals surface area contributed by atoms with Gasteiger partial charge in [0.15, 0.2) is 0 Å². The minimum Gasteiger partial charge on any atom is -0.475 e. The molecule has 1 aromatic carbocycles. The van der Waals surface area contributed by atoms with Gasteiger partial charge in [0.05, 0.1) is 0 Å². The number of aromatic amines is 1. The highest BCUT2D eigenvalue weighted by molar-refractivity contribution is 9.10. The number of hydrogen-bond donors (Lipinski definition) is 2. The number of carboxylic acid groups (broad SMARTS) is 1. The number of H-pyrrole nitrogens is 1. The summed E-state index contributed by atoms with van der Waals surface area (Å²) in [6, 6.07) is 7.08. The molecule has 0 saturated carbocycles. The van der Waals surface area contributed by atoms with Crippen LogP contribution in [0.15, 0.2) is 39.5 Å². The van der Waals surface area contributed by atoms with Gasteiger partial charge in [0, 0.05) is 33.2 Å². The maximum atomic E-state index is 10.8. The largest absolute Gasteiger partial charge is 0.475 e. The van der Waals surface area contributed by atoms with Gasteiger partial charge in [-0.15, -0.1) is 0 Å². The lowest BCUT2D eigenvalue weighted by Gasteiger charge is -1.98. The fourth-order valence-electron chi connectivity index (χ4n) is 1.86. The van der Waals surface area contributed by atoms with Crippen LogP contribution >= 0.6 is 15.9 Å². The minimum absolute atomic E-state index is 0.173. The van der Waals surface area contributed by atoms with Gasteiger partial charge in [-0.2, -0.15) is 0 Å². The Morgan fingerprint density at radius 2 is 2.28 bits per heavy atom. The molecule has 2 heterocycles. The van der Waals surface area contributed by atoms with E-state index >= 15 is 0 Å². The summed E-state index contributed by atoms with van der Waals surface area (Å²) in [5.41, 5.74) is 2.26. The molecular formula is C12H7BrN2O3. The summed E-state index contributed by atoms with van der Waals surface area (Å²) in [6.45, 7) is 0. The Kier molecular flexibility index (Phi) is 2.45. The highest BCUT2D eigenvalue weighted by atomic mass is 79.9. The number of nitrogens with one attached hydrogen (secondary N) is 1. The number of carbonyl (C=O) groups is 1. The molecule has 0 aliphatic rings. The quantitative estimate of drug-likeness (QED) is 0.761. The molecule has 5 nitrogen and oxygen atoms in total. The van der Waals surface area contributed by atoms with E-state index in [1.807, 2.05) is 24.4 Å². The summed E-state index contributed by atoms with van der Waals surface area (Å²) in [4.78, 5) is 13.9. The van der Waals surface area contributed by atoms with Gasteiger partial charge in [-0.25, -0.2) is 4.79 Å². The highest BCUT2D eigenvalue weighted by Gasteiger charge is 2.15. The number of aromatic nitrogens is 2. The first-order valence-electron chi connectivity index (χ1n) is 5.13. The molecule has 18 heavy (non-hydrogen) atoms. The van der Waals surface area contributed by atoms with Crippen molar-refractivity contribution in [2.75, 3.05) is 0 Å². The summed E-state index contributed by atoms with van der Waals surface area (Å²) in [5, 5.41) is 13.6. The van der Waals surface area contributed by atoms with Crippen molar-refractivity contribution in [2.45, 2.75) is 0 Å². The molecule has 0 fully saturated rings. The molecule has 0 aliphatic carbocycles. The molecule has 0 amide bonds. The molecular weight excluding hydrogens is 300 g/mol. The second-order valence-corrected chi connectivity index (χ2v) is 4.60. The van der Waals surface area contributed by atoms with E-state index < -0.39 is 5.97 Å². The Hall–Kier alpha value is -2.08. The maximum absolute atomic E-state index is 10.8. The number of hydrogen-bond acceptors (Lipinski definition) is 3. The van der Waals surface area contributed by atoms with Gasteiger partial charge in [0.25, 0.3) is 0 Å². The van der Waals surface area contributed by atoms with Crippen LogP contribution in [-0.4, -0.2) is 21.2 Å². The third-order valence-corrected chi connectivity index (χ3v) is 3.28. The fraction of sp³-hybridized carbons (Fsp3) is 0. The van der Waals surface area contributed by atoms with Crippen molar-refractivity contribution < 1.29 is 14.4 Å². The van der Waals surface area contributed by atoms with Crippen LogP contribution in [-0.2, 0) is 0 Å². The van der Waals surface area contributed by atoms with E-state index in [4.69, 9.17) is 9.63 Å². The lowest BCUT2D eigenvalue weighted by Crippen LogP contribution is -1.91. The van der Waals surface area contributed by atoms with Crippen LogP contribution in [0, 0.1) is 0 Å². The summed E-state index contributed by atoms with van der Waals surface area (Å²) >= 11 is 3.44. The first kappa shape index (κ1) is 11.0. The Balaban J connectivity index is 2.24. The molecule has 90 valence electrons. The van der Waals surface area contributed by atoms with Crippen molar-refractivity contribution in [3.05, 3.63) is 40.7 Å². The highest BCUT2D eigenvalue weighted by Crippen LogP contribution is 2.33. The maximum Gasteiger partial charge on any atom is 0.374 e.